The molecule has 0 spiro atoms. The Morgan fingerprint density at radius 2 is 1.93 bits per heavy atom. The number of halogens is 1. The van der Waals surface area contributed by atoms with Gasteiger partial charge in [-0.2, -0.15) is 0 Å². The van der Waals surface area contributed by atoms with Crippen LogP contribution in [0.1, 0.15) is 25.7 Å². The van der Waals surface area contributed by atoms with Gasteiger partial charge in [0, 0.05) is 11.3 Å². The zero-order valence-electron chi connectivity index (χ0n) is 7.65. The van der Waals surface area contributed by atoms with Gasteiger partial charge in [0.25, 0.3) is 0 Å². The number of hydrogen-bond donors (Lipinski definition) is 0. The average Bonchev–Trinajstić information content (AvgIpc) is 3.00. The maximum absolute atomic E-state index is 13.0. The van der Waals surface area contributed by atoms with Crippen molar-refractivity contribution < 1.29 is 4.57 Å². The largest absolute Gasteiger partial charge is 0.316 e. The summed E-state index contributed by atoms with van der Waals surface area (Å²) in [6, 6.07) is 0. The molecule has 2 saturated carbocycles. The molecule has 2 nitrogen and oxygen atoms in total. The quantitative estimate of drug-likeness (QED) is 0.626. The number of nitrogens with zero attached hydrogens (tertiary/aromatic N) is 1. The Kier molecular flexibility index (Phi) is 2.30. The van der Waals surface area contributed by atoms with E-state index in [1.165, 1.54) is 25.7 Å². The van der Waals surface area contributed by atoms with Gasteiger partial charge in [-0.25, -0.2) is 4.98 Å². The van der Waals surface area contributed by atoms with Gasteiger partial charge < -0.3 is 4.57 Å². The Balaban J connectivity index is 2.07. The third-order valence-corrected chi connectivity index (χ3v) is 9.68. The van der Waals surface area contributed by atoms with Crippen molar-refractivity contribution in [3.63, 3.8) is 0 Å². The molecule has 0 saturated heterocycles. The molecule has 1 heterocycles. The number of thiazole rings is 1. The summed E-state index contributed by atoms with van der Waals surface area (Å²) >= 11 is 3.91. The first kappa shape index (κ1) is 9.79. The van der Waals surface area contributed by atoms with E-state index in [1.54, 1.807) is 11.3 Å². The molecule has 2 aliphatic carbocycles. The normalized spacial score (nSPS) is 22.6. The molecule has 2 aliphatic rings. The second-order valence-electron chi connectivity index (χ2n) is 4.12. The summed E-state index contributed by atoms with van der Waals surface area (Å²) in [6.45, 7) is 0. The van der Waals surface area contributed by atoms with E-state index in [4.69, 9.17) is 0 Å². The van der Waals surface area contributed by atoms with E-state index in [0.29, 0.717) is 11.3 Å². The highest BCUT2D eigenvalue weighted by Crippen LogP contribution is 2.69. The summed E-state index contributed by atoms with van der Waals surface area (Å²) < 4.78 is 14.1. The average molecular weight is 339 g/mol. The van der Waals surface area contributed by atoms with Crippen molar-refractivity contribution in [3.05, 3.63) is 8.39 Å². The second-order valence-corrected chi connectivity index (χ2v) is 10.1. The third-order valence-electron chi connectivity index (χ3n) is 3.02. The Labute approximate surface area is 101 Å². The molecule has 0 amide bonds. The zero-order chi connectivity index (χ0) is 9.76. The van der Waals surface area contributed by atoms with Crippen LogP contribution in [-0.4, -0.2) is 16.3 Å². The van der Waals surface area contributed by atoms with E-state index in [-0.39, 0.29) is 0 Å². The molecule has 0 unspecified atom stereocenters. The Bertz CT molecular complexity index is 395. The van der Waals surface area contributed by atoms with Crippen molar-refractivity contribution >= 4 is 46.5 Å². The van der Waals surface area contributed by atoms with Crippen molar-refractivity contribution in [1.82, 2.24) is 4.98 Å². The van der Waals surface area contributed by atoms with E-state index in [1.807, 2.05) is 5.51 Å². The van der Waals surface area contributed by atoms with Crippen LogP contribution < -0.4 is 5.44 Å². The van der Waals surface area contributed by atoms with Gasteiger partial charge in [0.1, 0.15) is 12.6 Å². The minimum atomic E-state index is -2.09. The Morgan fingerprint density at radius 3 is 2.29 bits per heavy atom. The molecule has 0 N–H and O–H groups in total. The molecule has 5 heteroatoms. The summed E-state index contributed by atoms with van der Waals surface area (Å²) in [5, 5.41) is 0. The van der Waals surface area contributed by atoms with Crippen LogP contribution in [0.25, 0.3) is 0 Å². The fraction of sp³-hybridized carbons (Fsp3) is 0.667. The maximum Gasteiger partial charge on any atom is 0.140 e. The topological polar surface area (TPSA) is 30.0 Å². The molecule has 0 aliphatic heterocycles. The van der Waals surface area contributed by atoms with Gasteiger partial charge >= 0.3 is 0 Å². The minimum Gasteiger partial charge on any atom is -0.316 e. The van der Waals surface area contributed by atoms with Crippen LogP contribution in [0.15, 0.2) is 5.51 Å². The lowest BCUT2D eigenvalue weighted by Gasteiger charge is -2.14. The molecule has 0 radical (unpaired) electrons. The number of hydrogen-bond acceptors (Lipinski definition) is 3. The van der Waals surface area contributed by atoms with Crippen molar-refractivity contribution in [2.45, 2.75) is 37.0 Å². The van der Waals surface area contributed by atoms with Crippen molar-refractivity contribution in [2.24, 2.45) is 0 Å². The van der Waals surface area contributed by atoms with Crippen molar-refractivity contribution in [1.29, 1.82) is 0 Å². The lowest BCUT2D eigenvalue weighted by atomic mass is 10.9. The lowest BCUT2D eigenvalue weighted by Crippen LogP contribution is -2.15. The first-order valence-corrected chi connectivity index (χ1v) is 8.72. The van der Waals surface area contributed by atoms with E-state index < -0.39 is 7.14 Å². The van der Waals surface area contributed by atoms with Crippen molar-refractivity contribution in [2.75, 3.05) is 0 Å². The first-order chi connectivity index (χ1) is 6.73. The molecule has 2 fully saturated rings. The SMILES string of the molecule is O=P(c1ncsc1I)(C1CC1)C1CC1. The smallest absolute Gasteiger partial charge is 0.140 e. The van der Waals surface area contributed by atoms with E-state index >= 15 is 0 Å². The summed E-state index contributed by atoms with van der Waals surface area (Å²) in [6.07, 6.45) is 4.67. The molecule has 1 aromatic heterocycles. The number of aromatic nitrogens is 1. The van der Waals surface area contributed by atoms with E-state index in [2.05, 4.69) is 27.6 Å². The van der Waals surface area contributed by atoms with Crippen LogP contribution in [0, 0.1) is 2.88 Å². The highest BCUT2D eigenvalue weighted by molar-refractivity contribution is 14.1. The van der Waals surface area contributed by atoms with Gasteiger partial charge in [-0.15, -0.1) is 11.3 Å². The van der Waals surface area contributed by atoms with E-state index in [9.17, 15) is 4.57 Å². The van der Waals surface area contributed by atoms with Crippen LogP contribution >= 0.6 is 41.1 Å². The fourth-order valence-corrected chi connectivity index (χ4v) is 8.33. The highest BCUT2D eigenvalue weighted by atomic mass is 127. The van der Waals surface area contributed by atoms with Gasteiger partial charge in [-0.1, -0.05) is 0 Å². The van der Waals surface area contributed by atoms with Gasteiger partial charge in [0.05, 0.1) is 8.39 Å². The first-order valence-electron chi connectivity index (χ1n) is 4.92. The molecule has 76 valence electrons. The Hall–Kier alpha value is 0.590. The molecule has 14 heavy (non-hydrogen) atoms. The predicted octanol–water partition coefficient (Wildman–Crippen LogP) is 3.06. The highest BCUT2D eigenvalue weighted by Gasteiger charge is 2.53. The second kappa shape index (κ2) is 3.29. The molecule has 0 atom stereocenters. The Morgan fingerprint density at radius 1 is 1.36 bits per heavy atom. The zero-order valence-corrected chi connectivity index (χ0v) is 11.5. The summed E-state index contributed by atoms with van der Waals surface area (Å²) in [5.74, 6) is 0. The summed E-state index contributed by atoms with van der Waals surface area (Å²) in [5.41, 5.74) is 3.79. The van der Waals surface area contributed by atoms with Gasteiger partial charge in [-0.3, -0.25) is 0 Å². The van der Waals surface area contributed by atoms with Gasteiger partial charge in [0.15, 0.2) is 0 Å². The molecule has 0 aromatic carbocycles. The monoisotopic (exact) mass is 339 g/mol. The van der Waals surface area contributed by atoms with Crippen molar-refractivity contribution in [3.8, 4) is 0 Å². The van der Waals surface area contributed by atoms with Crippen LogP contribution in [0.5, 0.6) is 0 Å². The van der Waals surface area contributed by atoms with Crippen LogP contribution in [0.4, 0.5) is 0 Å². The predicted molar refractivity (Wildman–Crippen MR) is 68.1 cm³/mol. The number of rotatable bonds is 3. The van der Waals surface area contributed by atoms with Gasteiger partial charge in [-0.05, 0) is 48.3 Å². The molecule has 3 rings (SSSR count). The maximum atomic E-state index is 13.0. The lowest BCUT2D eigenvalue weighted by molar-refractivity contribution is 0.578. The third kappa shape index (κ3) is 1.41. The van der Waals surface area contributed by atoms with Crippen LogP contribution in [-0.2, 0) is 4.57 Å². The molecule has 0 bridgehead atoms. The molecular formula is C9H11INOPS. The summed E-state index contributed by atoms with van der Waals surface area (Å²) in [4.78, 5) is 4.36. The van der Waals surface area contributed by atoms with Crippen LogP contribution in [0.2, 0.25) is 0 Å². The fourth-order valence-electron chi connectivity index (χ4n) is 2.01. The minimum absolute atomic E-state index is 0.491. The van der Waals surface area contributed by atoms with Gasteiger partial charge in [0.2, 0.25) is 0 Å². The molecule has 1 aromatic rings. The summed E-state index contributed by atoms with van der Waals surface area (Å²) in [7, 11) is -2.09. The van der Waals surface area contributed by atoms with Crippen LogP contribution in [0.3, 0.4) is 0 Å². The molecular weight excluding hydrogens is 328 g/mol. The van der Waals surface area contributed by atoms with E-state index in [0.717, 1.165) is 8.32 Å². The standard InChI is InChI=1S/C9H11INOPS/c10-8-9(11-5-14-8)13(12,6-1-2-6)7-3-4-7/h5-7H,1-4H2.